The van der Waals surface area contributed by atoms with Crippen LogP contribution >= 0.6 is 7.60 Å². The fourth-order valence-electron chi connectivity index (χ4n) is 2.30. The lowest BCUT2D eigenvalue weighted by molar-refractivity contribution is 0.172. The minimum atomic E-state index is -3.44. The lowest BCUT2D eigenvalue weighted by atomic mass is 10.1. The maximum absolute atomic E-state index is 12.2. The highest BCUT2D eigenvalue weighted by atomic mass is 31.2. The molecule has 0 aromatic heterocycles. The van der Waals surface area contributed by atoms with Crippen molar-refractivity contribution in [2.45, 2.75) is 104 Å². The van der Waals surface area contributed by atoms with E-state index in [1.807, 2.05) is 13.8 Å². The van der Waals surface area contributed by atoms with E-state index in [2.05, 4.69) is 13.8 Å². The zero-order chi connectivity index (χ0) is 15.4. The molecule has 0 rings (SSSR count). The van der Waals surface area contributed by atoms with Crippen molar-refractivity contribution in [2.24, 2.45) is 0 Å². The molecule has 0 amide bonds. The van der Waals surface area contributed by atoms with Gasteiger partial charge in [0, 0.05) is 0 Å². The normalized spacial score (nSPS) is 17.6. The monoisotopic (exact) mass is 306 g/mol. The minimum Gasteiger partial charge on any atom is -0.324 e. The van der Waals surface area contributed by atoms with Gasteiger partial charge >= 0.3 is 7.60 Å². The molecule has 0 fully saturated rings. The van der Waals surface area contributed by atoms with E-state index < -0.39 is 7.60 Å². The molecule has 4 heteroatoms. The topological polar surface area (TPSA) is 46.5 Å². The van der Waals surface area contributed by atoms with E-state index in [0.29, 0.717) is 0 Å². The van der Waals surface area contributed by atoms with Crippen LogP contribution in [0.1, 0.15) is 91.9 Å². The van der Waals surface area contributed by atoms with Crippen LogP contribution in [0.15, 0.2) is 0 Å². The summed E-state index contributed by atoms with van der Waals surface area (Å²) in [7, 11) is -3.44. The van der Waals surface area contributed by atoms with Gasteiger partial charge < -0.3 is 9.42 Å². The predicted molar refractivity (Wildman–Crippen MR) is 87.4 cm³/mol. The Bertz CT molecular complexity index is 268. The molecule has 0 saturated carbocycles. The van der Waals surface area contributed by atoms with E-state index in [0.717, 1.165) is 32.1 Å². The van der Waals surface area contributed by atoms with Gasteiger partial charge in [-0.25, -0.2) is 0 Å². The van der Waals surface area contributed by atoms with E-state index in [-0.39, 0.29) is 11.8 Å². The Morgan fingerprint density at radius 2 is 1.40 bits per heavy atom. The molecule has 0 heterocycles. The van der Waals surface area contributed by atoms with Gasteiger partial charge in [-0.1, -0.05) is 72.1 Å². The van der Waals surface area contributed by atoms with Crippen molar-refractivity contribution in [2.75, 3.05) is 0 Å². The third-order valence-corrected chi connectivity index (χ3v) is 5.86. The highest BCUT2D eigenvalue weighted by molar-refractivity contribution is 7.53. The van der Waals surface area contributed by atoms with Crippen LogP contribution in [-0.4, -0.2) is 16.7 Å². The molecule has 3 atom stereocenters. The third-order valence-electron chi connectivity index (χ3n) is 3.83. The van der Waals surface area contributed by atoms with Gasteiger partial charge in [0.15, 0.2) is 0 Å². The van der Waals surface area contributed by atoms with Gasteiger partial charge in [0.2, 0.25) is 0 Å². The highest BCUT2D eigenvalue weighted by Crippen LogP contribution is 2.50. The number of hydrogen-bond donors (Lipinski definition) is 1. The molecule has 0 aliphatic heterocycles. The molecule has 0 aromatic rings. The quantitative estimate of drug-likeness (QED) is 0.340. The van der Waals surface area contributed by atoms with Crippen molar-refractivity contribution in [1.29, 1.82) is 0 Å². The summed E-state index contributed by atoms with van der Waals surface area (Å²) in [4.78, 5) is 10.0. The molecule has 0 bridgehead atoms. The van der Waals surface area contributed by atoms with E-state index in [4.69, 9.17) is 4.52 Å². The maximum atomic E-state index is 12.2. The van der Waals surface area contributed by atoms with Crippen molar-refractivity contribution in [3.63, 3.8) is 0 Å². The highest BCUT2D eigenvalue weighted by Gasteiger charge is 2.29. The SMILES string of the molecule is CCCCCCC(C)OP(=O)(O)C(C)CCCCCC. The molecule has 20 heavy (non-hydrogen) atoms. The Labute approximate surface area is 126 Å². The molecular weight excluding hydrogens is 271 g/mol. The molecule has 0 spiro atoms. The maximum Gasteiger partial charge on any atom is 0.331 e. The van der Waals surface area contributed by atoms with Crippen LogP contribution in [0.3, 0.4) is 0 Å². The van der Waals surface area contributed by atoms with Crippen LogP contribution in [0.5, 0.6) is 0 Å². The Morgan fingerprint density at radius 3 is 1.90 bits per heavy atom. The van der Waals surface area contributed by atoms with E-state index in [1.165, 1.54) is 32.1 Å². The number of unbranched alkanes of at least 4 members (excludes halogenated alkanes) is 6. The summed E-state index contributed by atoms with van der Waals surface area (Å²) < 4.78 is 17.7. The van der Waals surface area contributed by atoms with Gasteiger partial charge in [0.1, 0.15) is 0 Å². The second kappa shape index (κ2) is 11.8. The van der Waals surface area contributed by atoms with Gasteiger partial charge in [-0.2, -0.15) is 0 Å². The summed E-state index contributed by atoms with van der Waals surface area (Å²) in [6.45, 7) is 8.11. The summed E-state index contributed by atoms with van der Waals surface area (Å²) in [5.41, 5.74) is -0.238. The summed E-state index contributed by atoms with van der Waals surface area (Å²) in [6, 6.07) is 0. The van der Waals surface area contributed by atoms with Crippen LogP contribution in [0, 0.1) is 0 Å². The summed E-state index contributed by atoms with van der Waals surface area (Å²) in [5.74, 6) is 0. The van der Waals surface area contributed by atoms with Crippen LogP contribution in [0.25, 0.3) is 0 Å². The molecule has 0 radical (unpaired) electrons. The van der Waals surface area contributed by atoms with Gasteiger partial charge in [-0.15, -0.1) is 0 Å². The van der Waals surface area contributed by atoms with Crippen molar-refractivity contribution < 1.29 is 14.0 Å². The lowest BCUT2D eigenvalue weighted by Gasteiger charge is -2.23. The first-order valence-electron chi connectivity index (χ1n) is 8.44. The molecule has 0 aromatic carbocycles. The average molecular weight is 306 g/mol. The van der Waals surface area contributed by atoms with Crippen molar-refractivity contribution >= 4 is 7.60 Å². The summed E-state index contributed by atoms with van der Waals surface area (Å²) in [6.07, 6.45) is 10.8. The summed E-state index contributed by atoms with van der Waals surface area (Å²) >= 11 is 0. The largest absolute Gasteiger partial charge is 0.331 e. The van der Waals surface area contributed by atoms with Crippen LogP contribution in [-0.2, 0) is 9.09 Å². The predicted octanol–water partition coefficient (Wildman–Crippen LogP) is 5.91. The Hall–Kier alpha value is 0.150. The standard InChI is InChI=1S/C16H35O3P/c1-5-7-9-11-13-15(3)19-20(17,18)16(4)14-12-10-8-6-2/h15-16H,5-14H2,1-4H3,(H,17,18). The second-order valence-electron chi connectivity index (χ2n) is 6.03. The van der Waals surface area contributed by atoms with E-state index in [9.17, 15) is 9.46 Å². The Morgan fingerprint density at radius 1 is 0.900 bits per heavy atom. The first-order chi connectivity index (χ1) is 9.44. The zero-order valence-corrected chi connectivity index (χ0v) is 14.8. The van der Waals surface area contributed by atoms with E-state index >= 15 is 0 Å². The summed E-state index contributed by atoms with van der Waals surface area (Å²) in [5, 5.41) is 0. The van der Waals surface area contributed by atoms with Crippen LogP contribution in [0.2, 0.25) is 0 Å². The van der Waals surface area contributed by atoms with Crippen LogP contribution < -0.4 is 0 Å². The molecule has 0 aliphatic rings. The van der Waals surface area contributed by atoms with Gasteiger partial charge in [0.05, 0.1) is 11.8 Å². The first-order valence-corrected chi connectivity index (χ1v) is 10.1. The van der Waals surface area contributed by atoms with Crippen LogP contribution in [0.4, 0.5) is 0 Å². The molecule has 122 valence electrons. The zero-order valence-electron chi connectivity index (χ0n) is 13.9. The first kappa shape index (κ1) is 20.1. The fourth-order valence-corrected chi connectivity index (χ4v) is 3.64. The molecule has 1 N–H and O–H groups in total. The minimum absolute atomic E-state index is 0.110. The van der Waals surface area contributed by atoms with Crippen molar-refractivity contribution in [3.8, 4) is 0 Å². The lowest BCUT2D eigenvalue weighted by Crippen LogP contribution is -2.13. The van der Waals surface area contributed by atoms with Gasteiger partial charge in [-0.05, 0) is 19.8 Å². The molecule has 0 aliphatic carbocycles. The molecular formula is C16H35O3P. The fraction of sp³-hybridized carbons (Fsp3) is 1.00. The Balaban J connectivity index is 3.92. The molecule has 0 saturated heterocycles. The van der Waals surface area contributed by atoms with Crippen molar-refractivity contribution in [3.05, 3.63) is 0 Å². The number of hydrogen-bond acceptors (Lipinski definition) is 2. The Kier molecular flexibility index (Phi) is 11.9. The van der Waals surface area contributed by atoms with Gasteiger partial charge in [-0.3, -0.25) is 4.57 Å². The second-order valence-corrected chi connectivity index (χ2v) is 8.25. The number of rotatable bonds is 13. The molecule has 3 unspecified atom stereocenters. The third kappa shape index (κ3) is 9.96. The van der Waals surface area contributed by atoms with E-state index in [1.54, 1.807) is 0 Å². The molecule has 3 nitrogen and oxygen atoms in total. The van der Waals surface area contributed by atoms with Crippen molar-refractivity contribution in [1.82, 2.24) is 0 Å². The smallest absolute Gasteiger partial charge is 0.324 e. The van der Waals surface area contributed by atoms with Gasteiger partial charge in [0.25, 0.3) is 0 Å². The average Bonchev–Trinajstić information content (AvgIpc) is 2.39.